The highest BCUT2D eigenvalue weighted by Gasteiger charge is 2.35. The van der Waals surface area contributed by atoms with Crippen LogP contribution in [-0.4, -0.2) is 43.3 Å². The molecule has 140 valence electrons. The molecule has 0 amide bonds. The van der Waals surface area contributed by atoms with E-state index in [1.54, 1.807) is 17.8 Å². The van der Waals surface area contributed by atoms with Crippen molar-refractivity contribution in [3.05, 3.63) is 22.9 Å². The van der Waals surface area contributed by atoms with Crippen LogP contribution in [0.3, 0.4) is 0 Å². The van der Waals surface area contributed by atoms with Crippen molar-refractivity contribution >= 4 is 51.0 Å². The lowest BCUT2D eigenvalue weighted by Gasteiger charge is -2.26. The molecule has 1 rings (SSSR count). The summed E-state index contributed by atoms with van der Waals surface area (Å²) in [4.78, 5) is 18.0. The molecule has 0 aromatic heterocycles. The Balaban J connectivity index is 3.11. The average molecular weight is 406 g/mol. The molecular weight excluding hydrogens is 382 g/mol. The second kappa shape index (κ2) is 11.5. The maximum atomic E-state index is 12.6. The molecule has 0 radical (unpaired) electrons. The van der Waals surface area contributed by atoms with Gasteiger partial charge in [-0.1, -0.05) is 37.5 Å². The van der Waals surface area contributed by atoms with Crippen molar-refractivity contribution in [1.29, 1.82) is 0 Å². The number of oxime groups is 1. The number of allylic oxidation sites excluding steroid dienone is 2. The van der Waals surface area contributed by atoms with Crippen LogP contribution in [0.2, 0.25) is 0 Å². The molecule has 0 saturated carbocycles. The first kappa shape index (κ1) is 22.0. The van der Waals surface area contributed by atoms with Gasteiger partial charge in [0.25, 0.3) is 0 Å². The van der Waals surface area contributed by atoms with Gasteiger partial charge in [-0.3, -0.25) is 4.79 Å². The predicted octanol–water partition coefficient (Wildman–Crippen LogP) is 3.84. The minimum atomic E-state index is -0.244. The van der Waals surface area contributed by atoms with Crippen molar-refractivity contribution in [2.45, 2.75) is 45.3 Å². The topological polar surface area (TPSA) is 76.0 Å². The number of rotatable bonds is 9. The summed E-state index contributed by atoms with van der Waals surface area (Å²) >= 11 is 7.44. The van der Waals surface area contributed by atoms with Crippen molar-refractivity contribution in [2.75, 3.05) is 12.4 Å². The van der Waals surface area contributed by atoms with Gasteiger partial charge in [0.05, 0.1) is 27.4 Å². The van der Waals surface area contributed by atoms with E-state index < -0.39 is 0 Å². The molecule has 0 aromatic rings. The number of ketones is 1. The highest BCUT2D eigenvalue weighted by atomic mass is 35.5. The first-order chi connectivity index (χ1) is 12.0. The molecule has 2 atom stereocenters. The monoisotopic (exact) mass is 405 g/mol. The summed E-state index contributed by atoms with van der Waals surface area (Å²) < 4.78 is 11.6. The Labute approximate surface area is 161 Å². The number of hydrogen-bond donors (Lipinski definition) is 1. The van der Waals surface area contributed by atoms with Gasteiger partial charge < -0.3 is 9.94 Å². The molecular formula is C17H24ClNO4S2. The molecule has 8 heteroatoms. The zero-order chi connectivity index (χ0) is 18.8. The fourth-order valence-electron chi connectivity index (χ4n) is 2.70. The molecule has 25 heavy (non-hydrogen) atoms. The van der Waals surface area contributed by atoms with Crippen molar-refractivity contribution in [3.8, 4) is 0 Å². The van der Waals surface area contributed by atoms with Gasteiger partial charge in [-0.2, -0.15) is 11.8 Å². The van der Waals surface area contributed by atoms with Gasteiger partial charge in [-0.05, 0) is 24.7 Å². The van der Waals surface area contributed by atoms with Gasteiger partial charge in [0, 0.05) is 23.1 Å². The Morgan fingerprint density at radius 2 is 2.24 bits per heavy atom. The van der Waals surface area contributed by atoms with Crippen LogP contribution in [0.1, 0.15) is 40.0 Å². The second-order valence-electron chi connectivity index (χ2n) is 5.55. The molecule has 0 heterocycles. The zero-order valence-electron chi connectivity index (χ0n) is 14.7. The number of hydrogen-bond acceptors (Lipinski definition) is 6. The van der Waals surface area contributed by atoms with E-state index in [4.69, 9.17) is 16.4 Å². The number of halogens is 1. The first-order valence-corrected chi connectivity index (χ1v) is 10.4. The first-order valence-electron chi connectivity index (χ1n) is 8.19. The van der Waals surface area contributed by atoms with Crippen LogP contribution >= 0.6 is 23.4 Å². The molecule has 0 bridgehead atoms. The van der Waals surface area contributed by atoms with Crippen LogP contribution in [0.4, 0.5) is 0 Å². The second-order valence-corrected chi connectivity index (χ2v) is 8.12. The minimum Gasteiger partial charge on any atom is -0.506 e. The SMILES string of the molecule is CCSC(C)CC1CC(=O)C(/C(CC)=N/OC/C=C/Cl)=C(O)C1=S=O. The Hall–Kier alpha value is -1.05. The van der Waals surface area contributed by atoms with Crippen LogP contribution in [0.15, 0.2) is 28.1 Å². The van der Waals surface area contributed by atoms with E-state index in [2.05, 4.69) is 19.0 Å². The Kier molecular flexibility index (Phi) is 10.2. The van der Waals surface area contributed by atoms with E-state index >= 15 is 0 Å². The minimum absolute atomic E-state index is 0.0998. The van der Waals surface area contributed by atoms with Crippen molar-refractivity contribution < 1.29 is 18.9 Å². The Morgan fingerprint density at radius 1 is 1.52 bits per heavy atom. The number of carbonyl (C=O) groups excluding carboxylic acids is 1. The third kappa shape index (κ3) is 6.31. The van der Waals surface area contributed by atoms with E-state index in [0.717, 1.165) is 5.75 Å². The van der Waals surface area contributed by atoms with Crippen molar-refractivity contribution in [1.82, 2.24) is 0 Å². The molecule has 1 aliphatic carbocycles. The smallest absolute Gasteiger partial charge is 0.169 e. The molecule has 5 nitrogen and oxygen atoms in total. The van der Waals surface area contributed by atoms with E-state index in [9.17, 15) is 14.1 Å². The summed E-state index contributed by atoms with van der Waals surface area (Å²) in [7, 11) is 0. The maximum absolute atomic E-state index is 12.6. The fraction of sp³-hybridized carbons (Fsp3) is 0.588. The lowest BCUT2D eigenvalue weighted by atomic mass is 9.82. The normalized spacial score (nSPS) is 20.3. The largest absolute Gasteiger partial charge is 0.506 e. The van der Waals surface area contributed by atoms with Crippen LogP contribution in [0, 0.1) is 5.92 Å². The third-order valence-electron chi connectivity index (χ3n) is 3.77. The van der Waals surface area contributed by atoms with Crippen molar-refractivity contribution in [3.63, 3.8) is 0 Å². The summed E-state index contributed by atoms with van der Waals surface area (Å²) in [6, 6.07) is 0. The number of carbonyl (C=O) groups is 1. The van der Waals surface area contributed by atoms with Gasteiger partial charge in [0.15, 0.2) is 5.78 Å². The summed E-state index contributed by atoms with van der Waals surface area (Å²) in [6.07, 6.45) is 2.85. The summed E-state index contributed by atoms with van der Waals surface area (Å²) in [6.45, 7) is 6.11. The Bertz CT molecular complexity index is 624. The van der Waals surface area contributed by atoms with Crippen LogP contribution in [-0.2, 0) is 20.9 Å². The van der Waals surface area contributed by atoms with E-state index in [0.29, 0.717) is 28.7 Å². The molecule has 0 aromatic carbocycles. The number of nitrogens with zero attached hydrogens (tertiary/aromatic N) is 1. The summed E-state index contributed by atoms with van der Waals surface area (Å²) in [5.41, 5.74) is 1.75. The van der Waals surface area contributed by atoms with Crippen LogP contribution in [0.5, 0.6) is 0 Å². The van der Waals surface area contributed by atoms with Crippen LogP contribution < -0.4 is 0 Å². The number of aliphatic hydroxyl groups excluding tert-OH is 1. The number of thioether (sulfide) groups is 1. The van der Waals surface area contributed by atoms with Gasteiger partial charge >= 0.3 is 0 Å². The highest BCUT2D eigenvalue weighted by Crippen LogP contribution is 2.30. The standard InChI is InChI=1S/C17H24ClNO4S2/c1-4-13(19-23-8-6-7-18)15-14(20)10-12(9-11(3)24-5-2)17(25-22)16(15)21/h6-7,11-12,21H,4-5,8-10H2,1-3H3/b7-6+,19-13+. The highest BCUT2D eigenvalue weighted by molar-refractivity contribution is 7.99. The zero-order valence-corrected chi connectivity index (χ0v) is 17.0. The number of Topliss-reactive ketones (excluding diaryl/α,β-unsaturated/α-hetero) is 1. The van der Waals surface area contributed by atoms with Gasteiger partial charge in [-0.25, -0.2) is 4.21 Å². The molecule has 0 saturated heterocycles. The van der Waals surface area contributed by atoms with Crippen molar-refractivity contribution in [2.24, 2.45) is 11.1 Å². The van der Waals surface area contributed by atoms with E-state index in [1.807, 2.05) is 6.92 Å². The quantitative estimate of drug-likeness (QED) is 0.273. The molecule has 0 spiro atoms. The molecule has 1 aliphatic rings. The predicted molar refractivity (Wildman–Crippen MR) is 107 cm³/mol. The maximum Gasteiger partial charge on any atom is 0.169 e. The van der Waals surface area contributed by atoms with Gasteiger partial charge in [0.1, 0.15) is 12.4 Å². The molecule has 2 unspecified atom stereocenters. The van der Waals surface area contributed by atoms with E-state index in [-0.39, 0.29) is 47.3 Å². The Morgan fingerprint density at radius 3 is 2.80 bits per heavy atom. The lowest BCUT2D eigenvalue weighted by molar-refractivity contribution is -0.116. The number of aliphatic hydroxyl groups is 1. The third-order valence-corrected chi connectivity index (χ3v) is 5.75. The summed E-state index contributed by atoms with van der Waals surface area (Å²) in [5.74, 6) is 0.277. The van der Waals surface area contributed by atoms with Gasteiger partial charge in [0.2, 0.25) is 0 Å². The van der Waals surface area contributed by atoms with Gasteiger partial charge in [-0.15, -0.1) is 0 Å². The molecule has 0 fully saturated rings. The summed E-state index contributed by atoms with van der Waals surface area (Å²) in [5, 5.41) is 14.8. The van der Waals surface area contributed by atoms with E-state index in [1.165, 1.54) is 5.54 Å². The average Bonchev–Trinajstić information content (AvgIpc) is 2.57. The molecule has 0 aliphatic heterocycles. The van der Waals surface area contributed by atoms with Crippen LogP contribution in [0.25, 0.3) is 0 Å². The molecule has 1 N–H and O–H groups in total. The lowest BCUT2D eigenvalue weighted by Crippen LogP contribution is -2.33. The fourth-order valence-corrected chi connectivity index (χ4v) is 4.20.